The maximum atomic E-state index is 13.3. The summed E-state index contributed by atoms with van der Waals surface area (Å²) in [6.45, 7) is 3.61. The Balaban J connectivity index is 1.93. The number of halogens is 1. The van der Waals surface area contributed by atoms with Crippen LogP contribution in [0.3, 0.4) is 0 Å². The van der Waals surface area contributed by atoms with E-state index in [0.29, 0.717) is 6.54 Å². The number of nitrogens with zero attached hydrogens (tertiary/aromatic N) is 2. The lowest BCUT2D eigenvalue weighted by Crippen LogP contribution is -2.29. The van der Waals surface area contributed by atoms with Gasteiger partial charge in [0.1, 0.15) is 5.82 Å². The number of rotatable bonds is 6. The summed E-state index contributed by atoms with van der Waals surface area (Å²) in [5.41, 5.74) is 8.17. The lowest BCUT2D eigenvalue weighted by atomic mass is 10.0. The van der Waals surface area contributed by atoms with E-state index in [4.69, 9.17) is 5.73 Å². The topological polar surface area (TPSA) is 32.5 Å². The predicted molar refractivity (Wildman–Crippen MR) is 76.4 cm³/mol. The van der Waals surface area contributed by atoms with Gasteiger partial charge in [0.25, 0.3) is 0 Å². The fourth-order valence-electron chi connectivity index (χ4n) is 2.80. The number of nitrogens with two attached hydrogens (primary N) is 1. The SMILES string of the molecule is CN(C)CCCCN1Cc2ccc(F)cc2C1CN. The third-order valence-electron chi connectivity index (χ3n) is 3.81. The van der Waals surface area contributed by atoms with Crippen molar-refractivity contribution < 1.29 is 4.39 Å². The first kappa shape index (κ1) is 14.4. The molecule has 2 N–H and O–H groups in total. The molecule has 1 aromatic rings. The zero-order valence-corrected chi connectivity index (χ0v) is 11.9. The van der Waals surface area contributed by atoms with Crippen LogP contribution >= 0.6 is 0 Å². The van der Waals surface area contributed by atoms with Crippen LogP contribution in [0.4, 0.5) is 4.39 Å². The average Bonchev–Trinajstić information content (AvgIpc) is 2.71. The Hall–Kier alpha value is -0.970. The van der Waals surface area contributed by atoms with Gasteiger partial charge in [-0.25, -0.2) is 4.39 Å². The van der Waals surface area contributed by atoms with Crippen molar-refractivity contribution in [1.82, 2.24) is 9.80 Å². The Morgan fingerprint density at radius 2 is 2.16 bits per heavy atom. The summed E-state index contributed by atoms with van der Waals surface area (Å²) < 4.78 is 13.3. The second-order valence-electron chi connectivity index (χ2n) is 5.58. The first-order valence-electron chi connectivity index (χ1n) is 6.99. The largest absolute Gasteiger partial charge is 0.329 e. The summed E-state index contributed by atoms with van der Waals surface area (Å²) in [7, 11) is 4.19. The molecule has 0 amide bonds. The Morgan fingerprint density at radius 1 is 1.37 bits per heavy atom. The van der Waals surface area contributed by atoms with Crippen LogP contribution < -0.4 is 5.73 Å². The smallest absolute Gasteiger partial charge is 0.123 e. The molecule has 2 rings (SSSR count). The second kappa shape index (κ2) is 6.46. The van der Waals surface area contributed by atoms with Gasteiger partial charge < -0.3 is 10.6 Å². The molecule has 3 nitrogen and oxygen atoms in total. The third kappa shape index (κ3) is 3.53. The molecule has 0 saturated carbocycles. The van der Waals surface area contributed by atoms with Gasteiger partial charge in [-0.3, -0.25) is 4.90 Å². The normalized spacial score (nSPS) is 19.1. The Labute approximate surface area is 115 Å². The Bertz CT molecular complexity index is 420. The van der Waals surface area contributed by atoms with Gasteiger partial charge in [0, 0.05) is 19.1 Å². The minimum atomic E-state index is -0.161. The van der Waals surface area contributed by atoms with E-state index < -0.39 is 0 Å². The van der Waals surface area contributed by atoms with E-state index in [0.717, 1.165) is 31.6 Å². The van der Waals surface area contributed by atoms with Crippen molar-refractivity contribution in [3.8, 4) is 0 Å². The van der Waals surface area contributed by atoms with E-state index in [1.165, 1.54) is 12.0 Å². The summed E-state index contributed by atoms with van der Waals surface area (Å²) in [5.74, 6) is -0.161. The summed E-state index contributed by atoms with van der Waals surface area (Å²) in [6, 6.07) is 5.27. The van der Waals surface area contributed by atoms with Crippen molar-refractivity contribution in [3.63, 3.8) is 0 Å². The number of benzene rings is 1. The lowest BCUT2D eigenvalue weighted by Gasteiger charge is -2.24. The first-order chi connectivity index (χ1) is 9.11. The van der Waals surface area contributed by atoms with Gasteiger partial charge in [-0.05, 0) is 63.3 Å². The number of hydrogen-bond donors (Lipinski definition) is 1. The highest BCUT2D eigenvalue weighted by molar-refractivity contribution is 5.34. The van der Waals surface area contributed by atoms with Gasteiger partial charge in [-0.15, -0.1) is 0 Å². The summed E-state index contributed by atoms with van der Waals surface area (Å²) >= 11 is 0. The van der Waals surface area contributed by atoms with Gasteiger partial charge in [0.15, 0.2) is 0 Å². The van der Waals surface area contributed by atoms with Crippen molar-refractivity contribution in [2.75, 3.05) is 33.7 Å². The van der Waals surface area contributed by atoms with Crippen LogP contribution in [-0.4, -0.2) is 43.5 Å². The highest BCUT2D eigenvalue weighted by Crippen LogP contribution is 2.33. The average molecular weight is 265 g/mol. The zero-order chi connectivity index (χ0) is 13.8. The van der Waals surface area contributed by atoms with Crippen molar-refractivity contribution in [1.29, 1.82) is 0 Å². The highest BCUT2D eigenvalue weighted by Gasteiger charge is 2.28. The molecule has 1 atom stereocenters. The van der Waals surface area contributed by atoms with Gasteiger partial charge >= 0.3 is 0 Å². The molecule has 0 spiro atoms. The van der Waals surface area contributed by atoms with Crippen molar-refractivity contribution in [3.05, 3.63) is 35.1 Å². The maximum Gasteiger partial charge on any atom is 0.123 e. The van der Waals surface area contributed by atoms with Crippen LogP contribution in [0.5, 0.6) is 0 Å². The number of hydrogen-bond acceptors (Lipinski definition) is 3. The van der Waals surface area contributed by atoms with E-state index in [1.54, 1.807) is 12.1 Å². The summed E-state index contributed by atoms with van der Waals surface area (Å²) in [4.78, 5) is 4.58. The molecule has 0 fully saturated rings. The standard InChI is InChI=1S/C15H24FN3/c1-18(2)7-3-4-8-19-11-12-5-6-13(16)9-14(12)15(19)10-17/h5-6,9,15H,3-4,7-8,10-11,17H2,1-2H3. The van der Waals surface area contributed by atoms with Gasteiger partial charge in [-0.1, -0.05) is 6.07 Å². The Morgan fingerprint density at radius 3 is 2.84 bits per heavy atom. The number of unbranched alkanes of at least 4 members (excludes halogenated alkanes) is 1. The molecule has 4 heteroatoms. The molecule has 19 heavy (non-hydrogen) atoms. The maximum absolute atomic E-state index is 13.3. The minimum absolute atomic E-state index is 0.161. The molecule has 1 aliphatic heterocycles. The molecular formula is C15H24FN3. The van der Waals surface area contributed by atoms with Crippen molar-refractivity contribution in [2.45, 2.75) is 25.4 Å². The molecular weight excluding hydrogens is 241 g/mol. The van der Waals surface area contributed by atoms with Crippen LogP contribution in [0.1, 0.15) is 30.0 Å². The van der Waals surface area contributed by atoms with Crippen LogP contribution in [0, 0.1) is 5.82 Å². The molecule has 1 aromatic carbocycles. The molecule has 0 saturated heterocycles. The molecule has 1 heterocycles. The molecule has 0 aromatic heterocycles. The molecule has 0 aliphatic carbocycles. The summed E-state index contributed by atoms with van der Waals surface area (Å²) in [6.07, 6.45) is 2.34. The lowest BCUT2D eigenvalue weighted by molar-refractivity contribution is 0.212. The monoisotopic (exact) mass is 265 g/mol. The van der Waals surface area contributed by atoms with E-state index in [9.17, 15) is 4.39 Å². The second-order valence-corrected chi connectivity index (χ2v) is 5.58. The van der Waals surface area contributed by atoms with E-state index >= 15 is 0 Å². The van der Waals surface area contributed by atoms with Gasteiger partial charge in [0.2, 0.25) is 0 Å². The van der Waals surface area contributed by atoms with Gasteiger partial charge in [0.05, 0.1) is 0 Å². The molecule has 0 radical (unpaired) electrons. The van der Waals surface area contributed by atoms with Gasteiger partial charge in [-0.2, -0.15) is 0 Å². The fourth-order valence-corrected chi connectivity index (χ4v) is 2.80. The predicted octanol–water partition coefficient (Wildman–Crippen LogP) is 1.98. The van der Waals surface area contributed by atoms with Crippen LogP contribution in [-0.2, 0) is 6.54 Å². The van der Waals surface area contributed by atoms with Crippen LogP contribution in [0.25, 0.3) is 0 Å². The molecule has 1 aliphatic rings. The Kier molecular flexibility index (Phi) is 4.91. The van der Waals surface area contributed by atoms with E-state index in [-0.39, 0.29) is 11.9 Å². The summed E-state index contributed by atoms with van der Waals surface area (Å²) in [5, 5.41) is 0. The zero-order valence-electron chi connectivity index (χ0n) is 11.9. The van der Waals surface area contributed by atoms with E-state index in [1.807, 2.05) is 6.07 Å². The molecule has 0 bridgehead atoms. The van der Waals surface area contributed by atoms with Crippen molar-refractivity contribution in [2.24, 2.45) is 5.73 Å². The number of fused-ring (bicyclic) bond motifs is 1. The van der Waals surface area contributed by atoms with Crippen molar-refractivity contribution >= 4 is 0 Å². The third-order valence-corrected chi connectivity index (χ3v) is 3.81. The van der Waals surface area contributed by atoms with E-state index in [2.05, 4.69) is 23.9 Å². The first-order valence-corrected chi connectivity index (χ1v) is 6.99. The van der Waals surface area contributed by atoms with Crippen LogP contribution in [0.2, 0.25) is 0 Å². The quantitative estimate of drug-likeness (QED) is 0.798. The molecule has 106 valence electrons. The molecule has 1 unspecified atom stereocenters. The minimum Gasteiger partial charge on any atom is -0.329 e. The van der Waals surface area contributed by atoms with Crippen LogP contribution in [0.15, 0.2) is 18.2 Å². The highest BCUT2D eigenvalue weighted by atomic mass is 19.1. The fraction of sp³-hybridized carbons (Fsp3) is 0.600.